The number of halogens is 1. The van der Waals surface area contributed by atoms with Gasteiger partial charge in [0.25, 0.3) is 5.91 Å². The van der Waals surface area contributed by atoms with Crippen LogP contribution in [0.2, 0.25) is 0 Å². The molecule has 1 aliphatic carbocycles. The Balaban J connectivity index is 1.94. The SMILES string of the molecule is COc1ccc(Br)cc1C=C1NC(=S)N(C2CC2)C1=O. The van der Waals surface area contributed by atoms with Crippen LogP contribution < -0.4 is 10.1 Å². The van der Waals surface area contributed by atoms with E-state index in [2.05, 4.69) is 21.2 Å². The van der Waals surface area contributed by atoms with E-state index in [9.17, 15) is 4.79 Å². The molecule has 104 valence electrons. The normalized spacial score (nSPS) is 20.5. The Morgan fingerprint density at radius 3 is 2.90 bits per heavy atom. The summed E-state index contributed by atoms with van der Waals surface area (Å²) in [6.07, 6.45) is 3.84. The number of thiocarbonyl (C=S) groups is 1. The lowest BCUT2D eigenvalue weighted by molar-refractivity contribution is -0.122. The summed E-state index contributed by atoms with van der Waals surface area (Å²) in [5, 5.41) is 3.49. The summed E-state index contributed by atoms with van der Waals surface area (Å²) in [6.45, 7) is 0. The molecule has 6 heteroatoms. The average Bonchev–Trinajstić information content (AvgIpc) is 3.19. The topological polar surface area (TPSA) is 41.6 Å². The molecule has 20 heavy (non-hydrogen) atoms. The summed E-state index contributed by atoms with van der Waals surface area (Å²) in [4.78, 5) is 14.0. The molecule has 2 fully saturated rings. The summed E-state index contributed by atoms with van der Waals surface area (Å²) in [5.41, 5.74) is 1.33. The number of hydrogen-bond acceptors (Lipinski definition) is 3. The van der Waals surface area contributed by atoms with E-state index in [0.29, 0.717) is 16.6 Å². The van der Waals surface area contributed by atoms with Crippen LogP contribution in [0.15, 0.2) is 28.4 Å². The van der Waals surface area contributed by atoms with Gasteiger partial charge in [0.05, 0.1) is 7.11 Å². The van der Waals surface area contributed by atoms with Gasteiger partial charge in [0, 0.05) is 16.1 Å². The maximum Gasteiger partial charge on any atom is 0.276 e. The Bertz CT molecular complexity index is 626. The van der Waals surface area contributed by atoms with Crippen molar-refractivity contribution in [1.29, 1.82) is 0 Å². The minimum atomic E-state index is -0.0560. The zero-order valence-electron chi connectivity index (χ0n) is 10.9. The van der Waals surface area contributed by atoms with Crippen molar-refractivity contribution in [1.82, 2.24) is 10.2 Å². The summed E-state index contributed by atoms with van der Waals surface area (Å²) in [7, 11) is 1.61. The fraction of sp³-hybridized carbons (Fsp3) is 0.286. The van der Waals surface area contributed by atoms with E-state index < -0.39 is 0 Å². The molecule has 1 amide bonds. The molecule has 2 aliphatic rings. The van der Waals surface area contributed by atoms with Crippen molar-refractivity contribution in [2.45, 2.75) is 18.9 Å². The number of methoxy groups -OCH3 is 1. The Labute approximate surface area is 130 Å². The van der Waals surface area contributed by atoms with E-state index in [1.54, 1.807) is 18.1 Å². The van der Waals surface area contributed by atoms with E-state index >= 15 is 0 Å². The van der Waals surface area contributed by atoms with Gasteiger partial charge in [0.1, 0.15) is 11.4 Å². The van der Waals surface area contributed by atoms with E-state index in [1.807, 2.05) is 18.2 Å². The molecule has 3 rings (SSSR count). The molecule has 0 atom stereocenters. The molecule has 0 aromatic heterocycles. The number of hydrogen-bond donors (Lipinski definition) is 1. The maximum atomic E-state index is 12.3. The lowest BCUT2D eigenvalue weighted by Gasteiger charge is -2.11. The molecule has 0 spiro atoms. The smallest absolute Gasteiger partial charge is 0.276 e. The fourth-order valence-corrected chi connectivity index (χ4v) is 2.91. The van der Waals surface area contributed by atoms with Crippen LogP contribution in [0.4, 0.5) is 0 Å². The van der Waals surface area contributed by atoms with E-state index in [0.717, 1.165) is 22.9 Å². The highest BCUT2D eigenvalue weighted by atomic mass is 79.9. The van der Waals surface area contributed by atoms with E-state index in [4.69, 9.17) is 17.0 Å². The molecule has 1 saturated heterocycles. The molecule has 1 heterocycles. The second kappa shape index (κ2) is 5.18. The number of ether oxygens (including phenoxy) is 1. The third kappa shape index (κ3) is 2.45. The largest absolute Gasteiger partial charge is 0.496 e. The Morgan fingerprint density at radius 1 is 1.50 bits per heavy atom. The number of nitrogens with zero attached hydrogens (tertiary/aromatic N) is 1. The van der Waals surface area contributed by atoms with Gasteiger partial charge in [-0.05, 0) is 49.3 Å². The molecule has 1 aromatic rings. The first-order valence-corrected chi connectivity index (χ1v) is 7.50. The zero-order valence-corrected chi connectivity index (χ0v) is 13.3. The van der Waals surface area contributed by atoms with Crippen molar-refractivity contribution in [3.63, 3.8) is 0 Å². The predicted octanol–water partition coefficient (Wildman–Crippen LogP) is 2.68. The number of carbonyl (C=O) groups excluding carboxylic acids is 1. The Kier molecular flexibility index (Phi) is 3.52. The van der Waals surface area contributed by atoms with Crippen molar-refractivity contribution >= 4 is 45.2 Å². The standard InChI is InChI=1S/C14H13BrN2O2S/c1-19-12-5-2-9(15)6-8(12)7-11-13(18)17(10-3-4-10)14(20)16-11/h2,5-7,10H,3-4H2,1H3,(H,16,20). The molecule has 0 bridgehead atoms. The summed E-state index contributed by atoms with van der Waals surface area (Å²) >= 11 is 8.65. The van der Waals surface area contributed by atoms with Gasteiger partial charge in [-0.25, -0.2) is 0 Å². The summed E-state index contributed by atoms with van der Waals surface area (Å²) in [6, 6.07) is 5.93. The number of nitrogens with one attached hydrogen (secondary N) is 1. The third-order valence-electron chi connectivity index (χ3n) is 3.31. The van der Waals surface area contributed by atoms with Crippen LogP contribution in [-0.4, -0.2) is 29.1 Å². The van der Waals surface area contributed by atoms with Gasteiger partial charge in [-0.1, -0.05) is 15.9 Å². The van der Waals surface area contributed by atoms with Crippen LogP contribution >= 0.6 is 28.1 Å². The van der Waals surface area contributed by atoms with Crippen molar-refractivity contribution < 1.29 is 9.53 Å². The van der Waals surface area contributed by atoms with Crippen LogP contribution in [0.3, 0.4) is 0 Å². The highest BCUT2D eigenvalue weighted by molar-refractivity contribution is 9.10. The van der Waals surface area contributed by atoms with Gasteiger partial charge in [-0.3, -0.25) is 9.69 Å². The van der Waals surface area contributed by atoms with Crippen molar-refractivity contribution in [3.8, 4) is 5.75 Å². The average molecular weight is 353 g/mol. The molecule has 1 aliphatic heterocycles. The van der Waals surface area contributed by atoms with Gasteiger partial charge in [-0.2, -0.15) is 0 Å². The highest BCUT2D eigenvalue weighted by Crippen LogP contribution is 2.32. The van der Waals surface area contributed by atoms with Gasteiger partial charge in [-0.15, -0.1) is 0 Å². The lowest BCUT2D eigenvalue weighted by atomic mass is 10.1. The van der Waals surface area contributed by atoms with Crippen LogP contribution in [0.25, 0.3) is 6.08 Å². The van der Waals surface area contributed by atoms with Gasteiger partial charge in [0.2, 0.25) is 0 Å². The van der Waals surface area contributed by atoms with Crippen molar-refractivity contribution in [2.24, 2.45) is 0 Å². The molecule has 1 aromatic carbocycles. The third-order valence-corrected chi connectivity index (χ3v) is 4.11. The predicted molar refractivity (Wildman–Crippen MR) is 84.3 cm³/mol. The van der Waals surface area contributed by atoms with Gasteiger partial charge >= 0.3 is 0 Å². The van der Waals surface area contributed by atoms with Crippen molar-refractivity contribution in [3.05, 3.63) is 33.9 Å². The lowest BCUT2D eigenvalue weighted by Crippen LogP contribution is -2.32. The van der Waals surface area contributed by atoms with E-state index in [-0.39, 0.29) is 11.9 Å². The maximum absolute atomic E-state index is 12.3. The monoisotopic (exact) mass is 352 g/mol. The highest BCUT2D eigenvalue weighted by Gasteiger charge is 2.41. The molecule has 0 unspecified atom stereocenters. The molecule has 1 saturated carbocycles. The fourth-order valence-electron chi connectivity index (χ4n) is 2.19. The second-order valence-electron chi connectivity index (χ2n) is 4.78. The van der Waals surface area contributed by atoms with E-state index in [1.165, 1.54) is 0 Å². The van der Waals surface area contributed by atoms with Gasteiger partial charge in [0.15, 0.2) is 5.11 Å². The minimum Gasteiger partial charge on any atom is -0.496 e. The van der Waals surface area contributed by atoms with Gasteiger partial charge < -0.3 is 10.1 Å². The zero-order chi connectivity index (χ0) is 14.3. The molecular formula is C14H13BrN2O2S. The summed E-state index contributed by atoms with van der Waals surface area (Å²) < 4.78 is 6.24. The quantitative estimate of drug-likeness (QED) is 0.670. The van der Waals surface area contributed by atoms with Crippen LogP contribution in [0.1, 0.15) is 18.4 Å². The van der Waals surface area contributed by atoms with Crippen LogP contribution in [-0.2, 0) is 4.79 Å². The number of rotatable bonds is 3. The number of amides is 1. The molecule has 0 radical (unpaired) electrons. The first-order chi connectivity index (χ1) is 9.60. The number of benzene rings is 1. The minimum absolute atomic E-state index is 0.0560. The summed E-state index contributed by atoms with van der Waals surface area (Å²) in [5.74, 6) is 0.658. The molecular weight excluding hydrogens is 340 g/mol. The van der Waals surface area contributed by atoms with Crippen molar-refractivity contribution in [2.75, 3.05) is 7.11 Å². The molecule has 4 nitrogen and oxygen atoms in total. The van der Waals surface area contributed by atoms with Crippen LogP contribution in [0, 0.1) is 0 Å². The second-order valence-corrected chi connectivity index (χ2v) is 6.08. The van der Waals surface area contributed by atoms with Crippen LogP contribution in [0.5, 0.6) is 5.75 Å². The first-order valence-electron chi connectivity index (χ1n) is 6.30. The first kappa shape index (κ1) is 13.6. The molecule has 1 N–H and O–H groups in total. The Morgan fingerprint density at radius 2 is 2.25 bits per heavy atom. The Hall–Kier alpha value is -1.40. The number of carbonyl (C=O) groups is 1.